The fourth-order valence-corrected chi connectivity index (χ4v) is 3.13. The zero-order chi connectivity index (χ0) is 17.1. The van der Waals surface area contributed by atoms with Crippen LogP contribution in [0.2, 0.25) is 0 Å². The molecule has 0 radical (unpaired) electrons. The number of carbonyl (C=O) groups excluding carboxylic acids is 2. The van der Waals surface area contributed by atoms with Crippen molar-refractivity contribution >= 4 is 11.8 Å². The standard InChI is InChI=1S/C18H15N3O3/c1-24-14-8-4-3-7-12(14)15-13(11-19)17(22)20-18(23)16(15)21-9-5-2-6-10-21/h2-10,13,15-16H,1H3/p+1. The summed E-state index contributed by atoms with van der Waals surface area (Å²) in [6.45, 7) is 0. The molecule has 0 aliphatic carbocycles. The molecule has 1 N–H and O–H groups in total. The second-order valence-electron chi connectivity index (χ2n) is 5.50. The number of aromatic nitrogens is 1. The summed E-state index contributed by atoms with van der Waals surface area (Å²) in [4.78, 5) is 24.7. The zero-order valence-electron chi connectivity index (χ0n) is 13.0. The van der Waals surface area contributed by atoms with Gasteiger partial charge < -0.3 is 4.74 Å². The van der Waals surface area contributed by atoms with Crippen molar-refractivity contribution in [2.24, 2.45) is 5.92 Å². The van der Waals surface area contributed by atoms with E-state index in [9.17, 15) is 14.9 Å². The highest BCUT2D eigenvalue weighted by Gasteiger charge is 2.51. The van der Waals surface area contributed by atoms with E-state index >= 15 is 0 Å². The van der Waals surface area contributed by atoms with E-state index in [1.807, 2.05) is 12.1 Å². The Balaban J connectivity index is 2.19. The van der Waals surface area contributed by atoms with E-state index in [1.165, 1.54) is 7.11 Å². The lowest BCUT2D eigenvalue weighted by molar-refractivity contribution is -0.713. The molecular weight excluding hydrogens is 306 g/mol. The highest BCUT2D eigenvalue weighted by Crippen LogP contribution is 2.40. The quantitative estimate of drug-likeness (QED) is 0.678. The second-order valence-corrected chi connectivity index (χ2v) is 5.50. The number of methoxy groups -OCH3 is 1. The molecule has 3 atom stereocenters. The van der Waals surface area contributed by atoms with Crippen molar-refractivity contribution in [3.63, 3.8) is 0 Å². The average Bonchev–Trinajstić information content (AvgIpc) is 2.62. The van der Waals surface area contributed by atoms with E-state index in [1.54, 1.807) is 53.4 Å². The summed E-state index contributed by atoms with van der Waals surface area (Å²) in [6.07, 6.45) is 3.49. The summed E-state index contributed by atoms with van der Waals surface area (Å²) in [6, 6.07) is 13.9. The van der Waals surface area contributed by atoms with Crippen LogP contribution in [-0.2, 0) is 9.59 Å². The van der Waals surface area contributed by atoms with Gasteiger partial charge in [-0.05, 0) is 6.07 Å². The summed E-state index contributed by atoms with van der Waals surface area (Å²) in [5.74, 6) is -2.09. The summed E-state index contributed by atoms with van der Waals surface area (Å²) in [7, 11) is 1.52. The zero-order valence-corrected chi connectivity index (χ0v) is 13.0. The molecule has 0 saturated carbocycles. The van der Waals surface area contributed by atoms with E-state index < -0.39 is 29.7 Å². The Labute approximate surface area is 139 Å². The van der Waals surface area contributed by atoms with Gasteiger partial charge >= 0.3 is 0 Å². The molecule has 2 aromatic rings. The number of hydrogen-bond donors (Lipinski definition) is 1. The lowest BCUT2D eigenvalue weighted by Crippen LogP contribution is -2.59. The summed E-state index contributed by atoms with van der Waals surface area (Å²) in [5.41, 5.74) is 0.663. The van der Waals surface area contributed by atoms with E-state index in [-0.39, 0.29) is 0 Å². The number of piperidine rings is 1. The van der Waals surface area contributed by atoms with Crippen LogP contribution in [0, 0.1) is 17.2 Å². The number of nitriles is 1. The first-order valence-corrected chi connectivity index (χ1v) is 7.50. The monoisotopic (exact) mass is 322 g/mol. The molecule has 6 heteroatoms. The van der Waals surface area contributed by atoms with Crippen LogP contribution >= 0.6 is 0 Å². The third-order valence-corrected chi connectivity index (χ3v) is 4.19. The number of nitrogens with one attached hydrogen (secondary N) is 1. The number of ether oxygens (including phenoxy) is 1. The van der Waals surface area contributed by atoms with Crippen LogP contribution in [0.5, 0.6) is 5.75 Å². The smallest absolute Gasteiger partial charge is 0.296 e. The van der Waals surface area contributed by atoms with Gasteiger partial charge in [0.1, 0.15) is 11.7 Å². The number of benzene rings is 1. The van der Waals surface area contributed by atoms with Crippen molar-refractivity contribution < 1.29 is 18.9 Å². The number of imide groups is 1. The van der Waals surface area contributed by atoms with Gasteiger partial charge in [0.25, 0.3) is 5.91 Å². The van der Waals surface area contributed by atoms with Gasteiger partial charge in [-0.3, -0.25) is 14.9 Å². The molecule has 24 heavy (non-hydrogen) atoms. The van der Waals surface area contributed by atoms with Crippen LogP contribution in [0.4, 0.5) is 0 Å². The minimum atomic E-state index is -0.989. The highest BCUT2D eigenvalue weighted by molar-refractivity contribution is 6.02. The molecule has 0 spiro atoms. The van der Waals surface area contributed by atoms with Crippen molar-refractivity contribution in [3.8, 4) is 11.8 Å². The maximum absolute atomic E-state index is 12.5. The molecule has 1 aliphatic rings. The molecule has 1 fully saturated rings. The Hall–Kier alpha value is -3.20. The normalized spacial score (nSPS) is 23.2. The van der Waals surface area contributed by atoms with E-state index in [2.05, 4.69) is 5.32 Å². The fourth-order valence-electron chi connectivity index (χ4n) is 3.13. The van der Waals surface area contributed by atoms with Crippen LogP contribution in [0.1, 0.15) is 17.5 Å². The molecule has 2 heterocycles. The minimum Gasteiger partial charge on any atom is -0.496 e. The summed E-state index contributed by atoms with van der Waals surface area (Å²) in [5, 5.41) is 11.8. The number of para-hydroxylation sites is 1. The first-order chi connectivity index (χ1) is 11.7. The minimum absolute atomic E-state index is 0.432. The molecular formula is C18H16N3O3+. The van der Waals surface area contributed by atoms with Crippen LogP contribution in [0.3, 0.4) is 0 Å². The van der Waals surface area contributed by atoms with Gasteiger partial charge in [0.2, 0.25) is 11.9 Å². The fraction of sp³-hybridized carbons (Fsp3) is 0.222. The second kappa shape index (κ2) is 6.50. The third kappa shape index (κ3) is 2.61. The summed E-state index contributed by atoms with van der Waals surface area (Å²) >= 11 is 0. The Kier molecular flexibility index (Phi) is 4.25. The predicted molar refractivity (Wildman–Crippen MR) is 83.7 cm³/mol. The van der Waals surface area contributed by atoms with Crippen LogP contribution in [0.15, 0.2) is 54.9 Å². The first-order valence-electron chi connectivity index (χ1n) is 7.50. The highest BCUT2D eigenvalue weighted by atomic mass is 16.5. The number of pyridine rings is 1. The SMILES string of the molecule is COc1ccccc1C1C(C#N)C(=O)NC(=O)C1[n+]1ccccc1. The molecule has 1 aliphatic heterocycles. The number of nitrogens with zero attached hydrogens (tertiary/aromatic N) is 2. The van der Waals surface area contributed by atoms with Gasteiger partial charge in [-0.2, -0.15) is 9.83 Å². The maximum atomic E-state index is 12.5. The van der Waals surface area contributed by atoms with Gasteiger partial charge in [-0.15, -0.1) is 0 Å². The van der Waals surface area contributed by atoms with Crippen LogP contribution in [-0.4, -0.2) is 18.9 Å². The lowest BCUT2D eigenvalue weighted by atomic mass is 9.77. The van der Waals surface area contributed by atoms with Gasteiger partial charge in [-0.1, -0.05) is 24.3 Å². The maximum Gasteiger partial charge on any atom is 0.296 e. The average molecular weight is 322 g/mol. The van der Waals surface area contributed by atoms with Gasteiger partial charge in [0.05, 0.1) is 19.1 Å². The number of carbonyl (C=O) groups is 2. The largest absolute Gasteiger partial charge is 0.496 e. The number of rotatable bonds is 3. The molecule has 1 aromatic heterocycles. The molecule has 120 valence electrons. The van der Waals surface area contributed by atoms with E-state index in [0.717, 1.165) is 0 Å². The van der Waals surface area contributed by atoms with Crippen molar-refractivity contribution in [2.45, 2.75) is 12.0 Å². The Morgan fingerprint density at radius 2 is 1.79 bits per heavy atom. The summed E-state index contributed by atoms with van der Waals surface area (Å²) < 4.78 is 7.10. The Bertz CT molecular complexity index is 814. The molecule has 0 bridgehead atoms. The topological polar surface area (TPSA) is 83.1 Å². The Morgan fingerprint density at radius 1 is 1.08 bits per heavy atom. The van der Waals surface area contributed by atoms with Crippen molar-refractivity contribution in [1.29, 1.82) is 5.26 Å². The molecule has 3 rings (SSSR count). The first kappa shape index (κ1) is 15.7. The van der Waals surface area contributed by atoms with E-state index in [4.69, 9.17) is 4.74 Å². The van der Waals surface area contributed by atoms with Gasteiger partial charge in [0.15, 0.2) is 12.4 Å². The van der Waals surface area contributed by atoms with Crippen molar-refractivity contribution in [1.82, 2.24) is 5.32 Å². The molecule has 6 nitrogen and oxygen atoms in total. The van der Waals surface area contributed by atoms with Crippen molar-refractivity contribution in [2.75, 3.05) is 7.11 Å². The predicted octanol–water partition coefficient (Wildman–Crippen LogP) is 1.10. The van der Waals surface area contributed by atoms with Gasteiger partial charge in [0, 0.05) is 17.7 Å². The Morgan fingerprint density at radius 3 is 2.46 bits per heavy atom. The molecule has 3 unspecified atom stereocenters. The van der Waals surface area contributed by atoms with E-state index in [0.29, 0.717) is 11.3 Å². The lowest BCUT2D eigenvalue weighted by Gasteiger charge is -2.30. The van der Waals surface area contributed by atoms with Crippen LogP contribution in [0.25, 0.3) is 0 Å². The van der Waals surface area contributed by atoms with Gasteiger partial charge in [-0.25, -0.2) is 0 Å². The van der Waals surface area contributed by atoms with Crippen molar-refractivity contribution in [3.05, 3.63) is 60.4 Å². The number of hydrogen-bond acceptors (Lipinski definition) is 4. The molecule has 2 amide bonds. The third-order valence-electron chi connectivity index (χ3n) is 4.19. The molecule has 1 saturated heterocycles. The van der Waals surface area contributed by atoms with Crippen LogP contribution < -0.4 is 14.6 Å². The molecule has 1 aromatic carbocycles. The number of amides is 2.